The smallest absolute Gasteiger partial charge is 0.270 e. The number of nitro groups is 1. The van der Waals surface area contributed by atoms with Gasteiger partial charge in [0.15, 0.2) is 5.78 Å². The van der Waals surface area contributed by atoms with Crippen LogP contribution in [-0.4, -0.2) is 17.8 Å². The van der Waals surface area contributed by atoms with E-state index in [9.17, 15) is 14.9 Å². The van der Waals surface area contributed by atoms with Crippen LogP contribution in [0.4, 0.5) is 5.69 Å². The lowest BCUT2D eigenvalue weighted by atomic mass is 9.96. The number of Topliss-reactive ketones (excluding diaryl/α,β-unsaturated/α-hetero) is 1. The number of carbonyl (C=O) groups is 1. The maximum absolute atomic E-state index is 12.3. The molecular formula is C16H13NO5. The van der Waals surface area contributed by atoms with Gasteiger partial charge in [-0.15, -0.1) is 0 Å². The topological polar surface area (TPSA) is 78.7 Å². The molecule has 0 aromatic heterocycles. The maximum atomic E-state index is 12.3. The number of ether oxygens (including phenoxy) is 2. The zero-order chi connectivity index (χ0) is 15.7. The molecule has 22 heavy (non-hydrogen) atoms. The first-order valence-electron chi connectivity index (χ1n) is 6.70. The van der Waals surface area contributed by atoms with Crippen LogP contribution < -0.4 is 9.47 Å². The molecule has 1 unspecified atom stereocenters. The van der Waals surface area contributed by atoms with E-state index in [1.807, 2.05) is 24.3 Å². The van der Waals surface area contributed by atoms with Crippen LogP contribution in [0.3, 0.4) is 0 Å². The number of non-ortho nitro benzene ring substituents is 1. The first-order valence-corrected chi connectivity index (χ1v) is 6.70. The van der Waals surface area contributed by atoms with Crippen LogP contribution in [0.5, 0.6) is 11.5 Å². The Bertz CT molecular complexity index is 756. The first-order chi connectivity index (χ1) is 10.6. The summed E-state index contributed by atoms with van der Waals surface area (Å²) in [6.45, 7) is 0. The Morgan fingerprint density at radius 2 is 2.09 bits per heavy atom. The third-order valence-corrected chi connectivity index (χ3v) is 3.58. The van der Waals surface area contributed by atoms with E-state index >= 15 is 0 Å². The molecule has 0 spiro atoms. The van der Waals surface area contributed by atoms with Crippen molar-refractivity contribution in [2.75, 3.05) is 7.11 Å². The lowest BCUT2D eigenvalue weighted by Gasteiger charge is -2.25. The molecule has 6 heteroatoms. The summed E-state index contributed by atoms with van der Waals surface area (Å²) < 4.78 is 11.0. The molecule has 0 aliphatic carbocycles. The second-order valence-electron chi connectivity index (χ2n) is 4.95. The van der Waals surface area contributed by atoms with E-state index < -0.39 is 11.0 Å². The molecule has 1 aliphatic heterocycles. The molecule has 0 fully saturated rings. The number of nitrogens with zero attached hydrogens (tertiary/aromatic N) is 1. The largest absolute Gasteiger partial charge is 0.497 e. The zero-order valence-electron chi connectivity index (χ0n) is 11.8. The van der Waals surface area contributed by atoms with Gasteiger partial charge >= 0.3 is 0 Å². The number of hydrogen-bond donors (Lipinski definition) is 0. The molecule has 0 radical (unpaired) electrons. The fourth-order valence-electron chi connectivity index (χ4n) is 2.45. The van der Waals surface area contributed by atoms with Crippen LogP contribution in [-0.2, 0) is 0 Å². The van der Waals surface area contributed by atoms with Gasteiger partial charge in [-0.05, 0) is 23.8 Å². The minimum Gasteiger partial charge on any atom is -0.497 e. The number of nitro benzene ring substituents is 1. The van der Waals surface area contributed by atoms with Crippen molar-refractivity contribution < 1.29 is 19.2 Å². The second kappa shape index (κ2) is 5.48. The van der Waals surface area contributed by atoms with Crippen LogP contribution in [0.15, 0.2) is 42.5 Å². The Morgan fingerprint density at radius 3 is 2.82 bits per heavy atom. The number of methoxy groups -OCH3 is 1. The fraction of sp³-hybridized carbons (Fsp3) is 0.188. The van der Waals surface area contributed by atoms with Gasteiger partial charge in [-0.1, -0.05) is 12.1 Å². The summed E-state index contributed by atoms with van der Waals surface area (Å²) in [6.07, 6.45) is -0.280. The Balaban J connectivity index is 1.94. The molecule has 112 valence electrons. The molecule has 3 rings (SSSR count). The summed E-state index contributed by atoms with van der Waals surface area (Å²) in [4.78, 5) is 22.5. The number of hydrogen-bond acceptors (Lipinski definition) is 5. The van der Waals surface area contributed by atoms with E-state index in [4.69, 9.17) is 9.47 Å². The van der Waals surface area contributed by atoms with E-state index in [-0.39, 0.29) is 23.5 Å². The Hall–Kier alpha value is -2.89. The highest BCUT2D eigenvalue weighted by Crippen LogP contribution is 2.37. The van der Waals surface area contributed by atoms with Gasteiger partial charge in [0.2, 0.25) is 0 Å². The van der Waals surface area contributed by atoms with Crippen LogP contribution in [0, 0.1) is 10.1 Å². The molecule has 2 aromatic carbocycles. The minimum atomic E-state index is -0.526. The maximum Gasteiger partial charge on any atom is 0.270 e. The van der Waals surface area contributed by atoms with Crippen LogP contribution in [0.25, 0.3) is 0 Å². The Kier molecular flexibility index (Phi) is 3.50. The predicted octanol–water partition coefficient (Wildman–Crippen LogP) is 3.31. The standard InChI is InChI=1S/C16H13NO5/c1-21-12-4-2-3-10(7-12)16-9-14(18)13-8-11(17(19)20)5-6-15(13)22-16/h2-8,16H,9H2,1H3. The number of rotatable bonds is 3. The molecule has 6 nitrogen and oxygen atoms in total. The van der Waals surface area contributed by atoms with Crippen molar-refractivity contribution in [3.63, 3.8) is 0 Å². The Labute approximate surface area is 126 Å². The summed E-state index contributed by atoms with van der Waals surface area (Å²) in [5, 5.41) is 10.8. The van der Waals surface area contributed by atoms with Crippen molar-refractivity contribution in [2.45, 2.75) is 12.5 Å². The summed E-state index contributed by atoms with van der Waals surface area (Å²) in [5.74, 6) is 0.885. The number of fused-ring (bicyclic) bond motifs is 1. The quantitative estimate of drug-likeness (QED) is 0.641. The molecule has 1 heterocycles. The van der Waals surface area contributed by atoms with Crippen LogP contribution in [0.2, 0.25) is 0 Å². The Morgan fingerprint density at radius 1 is 1.27 bits per heavy atom. The van der Waals surface area contributed by atoms with E-state index in [0.717, 1.165) is 5.56 Å². The molecule has 0 N–H and O–H groups in total. The minimum absolute atomic E-state index is 0.115. The first kappa shape index (κ1) is 14.1. The van der Waals surface area contributed by atoms with Crippen molar-refractivity contribution in [1.82, 2.24) is 0 Å². The van der Waals surface area contributed by atoms with Crippen LogP contribution >= 0.6 is 0 Å². The van der Waals surface area contributed by atoms with Crippen molar-refractivity contribution >= 4 is 11.5 Å². The molecule has 0 saturated heterocycles. The highest BCUT2D eigenvalue weighted by Gasteiger charge is 2.29. The van der Waals surface area contributed by atoms with Gasteiger partial charge in [-0.25, -0.2) is 0 Å². The van der Waals surface area contributed by atoms with Gasteiger partial charge in [0.25, 0.3) is 5.69 Å². The van der Waals surface area contributed by atoms with Crippen molar-refractivity contribution in [3.05, 3.63) is 63.7 Å². The summed E-state index contributed by atoms with van der Waals surface area (Å²) in [7, 11) is 1.57. The highest BCUT2D eigenvalue weighted by atomic mass is 16.6. The second-order valence-corrected chi connectivity index (χ2v) is 4.95. The zero-order valence-corrected chi connectivity index (χ0v) is 11.8. The molecule has 2 aromatic rings. The fourth-order valence-corrected chi connectivity index (χ4v) is 2.45. The molecule has 0 saturated carbocycles. The van der Waals surface area contributed by atoms with Gasteiger partial charge in [0.1, 0.15) is 17.6 Å². The molecule has 1 aliphatic rings. The van der Waals surface area contributed by atoms with E-state index in [1.54, 1.807) is 7.11 Å². The van der Waals surface area contributed by atoms with Gasteiger partial charge in [0.05, 0.1) is 24.0 Å². The summed E-state index contributed by atoms with van der Waals surface area (Å²) in [5.41, 5.74) is 0.973. The predicted molar refractivity (Wildman–Crippen MR) is 78.4 cm³/mol. The average Bonchev–Trinajstić information content (AvgIpc) is 2.54. The van der Waals surface area contributed by atoms with Crippen LogP contribution in [0.1, 0.15) is 28.4 Å². The molecule has 0 amide bonds. The SMILES string of the molecule is COc1cccc(C2CC(=O)c3cc([N+](=O)[O-])ccc3O2)c1. The van der Waals surface area contributed by atoms with Crippen molar-refractivity contribution in [3.8, 4) is 11.5 Å². The number of ketones is 1. The van der Waals surface area contributed by atoms with Gasteiger partial charge in [-0.3, -0.25) is 14.9 Å². The van der Waals surface area contributed by atoms with E-state index in [2.05, 4.69) is 0 Å². The molecular weight excluding hydrogens is 286 g/mol. The molecule has 1 atom stereocenters. The third-order valence-electron chi connectivity index (χ3n) is 3.58. The lowest BCUT2D eigenvalue weighted by molar-refractivity contribution is -0.384. The average molecular weight is 299 g/mol. The summed E-state index contributed by atoms with van der Waals surface area (Å²) >= 11 is 0. The monoisotopic (exact) mass is 299 g/mol. The summed E-state index contributed by atoms with van der Waals surface area (Å²) in [6, 6.07) is 11.4. The highest BCUT2D eigenvalue weighted by molar-refractivity contribution is 6.00. The third kappa shape index (κ3) is 2.50. The number of carbonyl (C=O) groups excluding carboxylic acids is 1. The van der Waals surface area contributed by atoms with E-state index in [0.29, 0.717) is 11.5 Å². The van der Waals surface area contributed by atoms with Gasteiger partial charge in [0, 0.05) is 12.1 Å². The van der Waals surface area contributed by atoms with Gasteiger partial charge in [-0.2, -0.15) is 0 Å². The number of benzene rings is 2. The lowest BCUT2D eigenvalue weighted by Crippen LogP contribution is -2.20. The van der Waals surface area contributed by atoms with Crippen molar-refractivity contribution in [2.24, 2.45) is 0 Å². The normalized spacial score (nSPS) is 16.6. The van der Waals surface area contributed by atoms with Gasteiger partial charge < -0.3 is 9.47 Å². The van der Waals surface area contributed by atoms with E-state index in [1.165, 1.54) is 18.2 Å². The molecule has 0 bridgehead atoms. The van der Waals surface area contributed by atoms with Crippen molar-refractivity contribution in [1.29, 1.82) is 0 Å².